The zero-order chi connectivity index (χ0) is 19.6. The van der Waals surface area contributed by atoms with E-state index in [9.17, 15) is 4.79 Å². The number of hydrogen-bond acceptors (Lipinski definition) is 5. The van der Waals surface area contributed by atoms with Gasteiger partial charge in [-0.25, -0.2) is 4.79 Å². The van der Waals surface area contributed by atoms with Crippen LogP contribution in [0.5, 0.6) is 17.2 Å². The van der Waals surface area contributed by atoms with Crippen molar-refractivity contribution >= 4 is 23.4 Å². The van der Waals surface area contributed by atoms with Crippen molar-refractivity contribution < 1.29 is 14.2 Å². The average molecular weight is 432 g/mol. The van der Waals surface area contributed by atoms with E-state index in [0.717, 1.165) is 55.0 Å². The molecule has 1 aromatic heterocycles. The lowest BCUT2D eigenvalue weighted by molar-refractivity contribution is 0.143. The van der Waals surface area contributed by atoms with Crippen molar-refractivity contribution in [1.29, 1.82) is 0 Å². The van der Waals surface area contributed by atoms with Crippen molar-refractivity contribution in [3.05, 3.63) is 52.9 Å². The van der Waals surface area contributed by atoms with Crippen LogP contribution in [0.4, 0.5) is 0 Å². The fourth-order valence-electron chi connectivity index (χ4n) is 4.28. The highest BCUT2D eigenvalue weighted by Gasteiger charge is 2.23. The van der Waals surface area contributed by atoms with Gasteiger partial charge in [0.1, 0.15) is 19.8 Å². The third-order valence-electron chi connectivity index (χ3n) is 5.74. The van der Waals surface area contributed by atoms with Crippen molar-refractivity contribution in [3.8, 4) is 17.2 Å². The van der Waals surface area contributed by atoms with Crippen LogP contribution in [-0.4, -0.2) is 53.9 Å². The summed E-state index contributed by atoms with van der Waals surface area (Å²) in [6.45, 7) is 4.47. The fourth-order valence-corrected chi connectivity index (χ4v) is 4.28. The second kappa shape index (κ2) is 9.02. The topological polar surface area (TPSA) is 68.7 Å². The predicted octanol–water partition coefficient (Wildman–Crippen LogP) is 3.24. The number of halogens is 1. The number of piperidine rings is 1. The quantitative estimate of drug-likeness (QED) is 0.671. The molecule has 3 heterocycles. The third kappa shape index (κ3) is 4.00. The Bertz CT molecular complexity index is 1060. The number of benzene rings is 2. The van der Waals surface area contributed by atoms with Crippen LogP contribution in [0.25, 0.3) is 11.0 Å². The van der Waals surface area contributed by atoms with E-state index in [1.54, 1.807) is 0 Å². The molecule has 3 aromatic rings. The minimum absolute atomic E-state index is 0. The van der Waals surface area contributed by atoms with Gasteiger partial charge >= 0.3 is 5.69 Å². The number of nitrogens with zero attached hydrogens (tertiary/aromatic N) is 2. The number of nitrogens with one attached hydrogen (secondary N) is 1. The molecule has 0 unspecified atom stereocenters. The van der Waals surface area contributed by atoms with Crippen LogP contribution in [0, 0.1) is 0 Å². The van der Waals surface area contributed by atoms with E-state index in [-0.39, 0.29) is 24.1 Å². The Balaban J connectivity index is 0.00000218. The Kier molecular flexibility index (Phi) is 6.20. The molecule has 2 aliphatic rings. The van der Waals surface area contributed by atoms with Gasteiger partial charge in [0.25, 0.3) is 0 Å². The number of rotatable bonds is 5. The van der Waals surface area contributed by atoms with E-state index >= 15 is 0 Å². The van der Waals surface area contributed by atoms with E-state index < -0.39 is 0 Å². The second-order valence-corrected chi connectivity index (χ2v) is 7.52. The van der Waals surface area contributed by atoms with Crippen LogP contribution in [0.3, 0.4) is 0 Å². The number of fused-ring (bicyclic) bond motifs is 2. The molecule has 0 atom stereocenters. The van der Waals surface area contributed by atoms with Crippen LogP contribution in [0.1, 0.15) is 18.9 Å². The summed E-state index contributed by atoms with van der Waals surface area (Å²) in [6.07, 6.45) is 1.92. The molecule has 0 amide bonds. The maximum Gasteiger partial charge on any atom is 0.326 e. The third-order valence-corrected chi connectivity index (χ3v) is 5.74. The number of likely N-dealkylation sites (tertiary alicyclic amines) is 1. The highest BCUT2D eigenvalue weighted by atomic mass is 35.5. The van der Waals surface area contributed by atoms with Crippen LogP contribution in [0.2, 0.25) is 0 Å². The first-order chi connectivity index (χ1) is 14.3. The molecule has 5 rings (SSSR count). The number of para-hydroxylation sites is 3. The Morgan fingerprint density at radius 2 is 1.83 bits per heavy atom. The summed E-state index contributed by atoms with van der Waals surface area (Å²) in [5.41, 5.74) is 1.89. The van der Waals surface area contributed by atoms with Gasteiger partial charge in [0, 0.05) is 25.7 Å². The average Bonchev–Trinajstić information content (AvgIpc) is 3.10. The maximum atomic E-state index is 12.4. The van der Waals surface area contributed by atoms with Gasteiger partial charge in [0.05, 0.1) is 11.0 Å². The first-order valence-corrected chi connectivity index (χ1v) is 10.2. The SMILES string of the molecule is Cl.O=c1[nH]c2ccccc2n1C1CCN(CCOc2cccc3c2OCCO3)CC1. The zero-order valence-electron chi connectivity index (χ0n) is 16.7. The first-order valence-electron chi connectivity index (χ1n) is 10.2. The molecule has 0 radical (unpaired) electrons. The van der Waals surface area contributed by atoms with Gasteiger partial charge in [-0.1, -0.05) is 18.2 Å². The first kappa shape index (κ1) is 20.6. The highest BCUT2D eigenvalue weighted by Crippen LogP contribution is 2.38. The maximum absolute atomic E-state index is 12.4. The molecular weight excluding hydrogens is 406 g/mol. The van der Waals surface area contributed by atoms with E-state index in [0.29, 0.717) is 25.6 Å². The van der Waals surface area contributed by atoms with Crippen molar-refractivity contribution in [2.24, 2.45) is 0 Å². The van der Waals surface area contributed by atoms with Crippen molar-refractivity contribution in [2.75, 3.05) is 39.5 Å². The number of ether oxygens (including phenoxy) is 3. The molecule has 1 saturated heterocycles. The number of imidazole rings is 1. The molecule has 2 aromatic carbocycles. The lowest BCUT2D eigenvalue weighted by Crippen LogP contribution is -2.38. The molecule has 0 aliphatic carbocycles. The largest absolute Gasteiger partial charge is 0.488 e. The minimum atomic E-state index is -0.0101. The van der Waals surface area contributed by atoms with Crippen LogP contribution >= 0.6 is 12.4 Å². The van der Waals surface area contributed by atoms with Crippen molar-refractivity contribution in [1.82, 2.24) is 14.5 Å². The van der Waals surface area contributed by atoms with E-state index in [4.69, 9.17) is 14.2 Å². The van der Waals surface area contributed by atoms with E-state index in [1.165, 1.54) is 0 Å². The number of aromatic amines is 1. The van der Waals surface area contributed by atoms with Crippen molar-refractivity contribution in [3.63, 3.8) is 0 Å². The highest BCUT2D eigenvalue weighted by molar-refractivity contribution is 5.85. The Labute approximate surface area is 180 Å². The lowest BCUT2D eigenvalue weighted by atomic mass is 10.0. The molecule has 0 bridgehead atoms. The number of hydrogen-bond donors (Lipinski definition) is 1. The molecule has 8 heteroatoms. The van der Waals surface area contributed by atoms with E-state index in [2.05, 4.69) is 9.88 Å². The van der Waals surface area contributed by atoms with Crippen LogP contribution in [0.15, 0.2) is 47.3 Å². The van der Waals surface area contributed by atoms with Crippen LogP contribution in [-0.2, 0) is 0 Å². The lowest BCUT2D eigenvalue weighted by Gasteiger charge is -2.32. The summed E-state index contributed by atoms with van der Waals surface area (Å²) in [5.74, 6) is 2.19. The van der Waals surface area contributed by atoms with Gasteiger partial charge < -0.3 is 19.2 Å². The standard InChI is InChI=1S/C22H25N3O4.ClH/c26-22-23-17-4-1-2-5-18(17)25(22)16-8-10-24(11-9-16)12-13-27-19-6-3-7-20-21(19)29-15-14-28-20;/h1-7,16H,8-15H2,(H,23,26);1H. The van der Waals surface area contributed by atoms with Crippen LogP contribution < -0.4 is 19.9 Å². The summed E-state index contributed by atoms with van der Waals surface area (Å²) >= 11 is 0. The zero-order valence-corrected chi connectivity index (χ0v) is 17.5. The summed E-state index contributed by atoms with van der Waals surface area (Å²) in [4.78, 5) is 17.8. The summed E-state index contributed by atoms with van der Waals surface area (Å²) < 4.78 is 19.2. The molecule has 30 heavy (non-hydrogen) atoms. The predicted molar refractivity (Wildman–Crippen MR) is 117 cm³/mol. The molecule has 2 aliphatic heterocycles. The molecule has 0 saturated carbocycles. The molecule has 160 valence electrons. The van der Waals surface area contributed by atoms with Gasteiger partial charge in [-0.3, -0.25) is 9.47 Å². The van der Waals surface area contributed by atoms with Gasteiger partial charge in [0.2, 0.25) is 5.75 Å². The summed E-state index contributed by atoms with van der Waals surface area (Å²) in [7, 11) is 0. The van der Waals surface area contributed by atoms with Crippen molar-refractivity contribution in [2.45, 2.75) is 18.9 Å². The van der Waals surface area contributed by atoms with Gasteiger partial charge in [-0.2, -0.15) is 0 Å². The fraction of sp³-hybridized carbons (Fsp3) is 0.409. The smallest absolute Gasteiger partial charge is 0.326 e. The number of aromatic nitrogens is 2. The Morgan fingerprint density at radius 3 is 2.70 bits per heavy atom. The minimum Gasteiger partial charge on any atom is -0.488 e. The second-order valence-electron chi connectivity index (χ2n) is 7.52. The monoisotopic (exact) mass is 431 g/mol. The molecule has 1 N–H and O–H groups in total. The Morgan fingerprint density at radius 1 is 1.03 bits per heavy atom. The molecule has 7 nitrogen and oxygen atoms in total. The Hall–Kier alpha value is -2.64. The molecule has 1 fully saturated rings. The summed E-state index contributed by atoms with van der Waals surface area (Å²) in [6, 6.07) is 13.9. The van der Waals surface area contributed by atoms with Gasteiger partial charge in [0.15, 0.2) is 11.5 Å². The molecular formula is C22H26ClN3O4. The van der Waals surface area contributed by atoms with E-state index in [1.807, 2.05) is 47.0 Å². The number of H-pyrrole nitrogens is 1. The summed E-state index contributed by atoms with van der Waals surface area (Å²) in [5, 5.41) is 0. The normalized spacial score (nSPS) is 16.9. The van der Waals surface area contributed by atoms with Gasteiger partial charge in [-0.05, 0) is 37.1 Å². The van der Waals surface area contributed by atoms with Gasteiger partial charge in [-0.15, -0.1) is 12.4 Å². The molecule has 0 spiro atoms.